The number of carbonyl (C=O) groups is 2. The number of fused-ring (bicyclic) bond motifs is 1. The SMILES string of the molecule is CNC(=O)CSC(=O)c1cn(C2CC2)c2cc(N3CCNCC3)c(F)cc2c1=O. The zero-order chi connectivity index (χ0) is 20.5. The third-order valence-corrected chi connectivity index (χ3v) is 6.22. The second-order valence-electron chi connectivity index (χ2n) is 7.32. The van der Waals surface area contributed by atoms with Crippen LogP contribution in [0.15, 0.2) is 23.1 Å². The van der Waals surface area contributed by atoms with Crippen LogP contribution in [0.3, 0.4) is 0 Å². The Morgan fingerprint density at radius 2 is 2.00 bits per heavy atom. The zero-order valence-electron chi connectivity index (χ0n) is 16.2. The van der Waals surface area contributed by atoms with Crippen LogP contribution < -0.4 is 21.0 Å². The Morgan fingerprint density at radius 1 is 1.28 bits per heavy atom. The van der Waals surface area contributed by atoms with E-state index in [1.54, 1.807) is 12.3 Å². The van der Waals surface area contributed by atoms with Crippen LogP contribution in [0, 0.1) is 5.82 Å². The predicted octanol–water partition coefficient (Wildman–Crippen LogP) is 1.50. The molecule has 1 saturated heterocycles. The summed E-state index contributed by atoms with van der Waals surface area (Å²) in [4.78, 5) is 39.0. The van der Waals surface area contributed by atoms with Crippen molar-refractivity contribution >= 4 is 39.4 Å². The Bertz CT molecular complexity index is 1030. The van der Waals surface area contributed by atoms with Gasteiger partial charge in [-0.1, -0.05) is 11.8 Å². The summed E-state index contributed by atoms with van der Waals surface area (Å²) in [5.41, 5.74) is 0.644. The number of halogens is 1. The minimum atomic E-state index is -0.489. The number of pyridine rings is 1. The minimum absolute atomic E-state index is 0.00683. The number of hydrogen-bond acceptors (Lipinski definition) is 6. The number of nitrogens with zero attached hydrogens (tertiary/aromatic N) is 2. The molecule has 0 bridgehead atoms. The maximum atomic E-state index is 14.9. The number of nitrogens with one attached hydrogen (secondary N) is 2. The lowest BCUT2D eigenvalue weighted by molar-refractivity contribution is -0.118. The fraction of sp³-hybridized carbons (Fsp3) is 0.450. The van der Waals surface area contributed by atoms with Gasteiger partial charge < -0.3 is 20.1 Å². The molecule has 0 unspecified atom stereocenters. The van der Waals surface area contributed by atoms with E-state index < -0.39 is 16.4 Å². The molecule has 0 radical (unpaired) electrons. The lowest BCUT2D eigenvalue weighted by atomic mass is 10.1. The van der Waals surface area contributed by atoms with Gasteiger partial charge in [0.05, 0.1) is 22.5 Å². The van der Waals surface area contributed by atoms with Gasteiger partial charge >= 0.3 is 0 Å². The standard InChI is InChI=1S/C20H23FN4O3S/c1-22-18(26)11-29-20(28)14-10-25(12-2-3-12)16-9-17(24-6-4-23-5-7-24)15(21)8-13(16)19(14)27/h8-10,12,23H,2-7,11H2,1H3,(H,22,26). The van der Waals surface area contributed by atoms with Crippen LogP contribution in [0.5, 0.6) is 0 Å². The van der Waals surface area contributed by atoms with Crippen LogP contribution >= 0.6 is 11.8 Å². The van der Waals surface area contributed by atoms with Crippen LogP contribution in [0.25, 0.3) is 10.9 Å². The smallest absolute Gasteiger partial charge is 0.230 e. The molecule has 1 aliphatic carbocycles. The Hall–Kier alpha value is -2.39. The van der Waals surface area contributed by atoms with Crippen molar-refractivity contribution in [2.75, 3.05) is 43.9 Å². The van der Waals surface area contributed by atoms with Gasteiger partial charge in [-0.3, -0.25) is 14.4 Å². The van der Waals surface area contributed by atoms with Gasteiger partial charge in [0.2, 0.25) is 16.5 Å². The molecule has 1 aromatic carbocycles. The van der Waals surface area contributed by atoms with Gasteiger partial charge in [0.15, 0.2) is 0 Å². The lowest BCUT2D eigenvalue weighted by Crippen LogP contribution is -2.43. The van der Waals surface area contributed by atoms with E-state index in [1.807, 2.05) is 9.47 Å². The van der Waals surface area contributed by atoms with Crippen molar-refractivity contribution in [3.05, 3.63) is 39.9 Å². The molecule has 7 nitrogen and oxygen atoms in total. The van der Waals surface area contributed by atoms with E-state index in [-0.39, 0.29) is 28.7 Å². The molecule has 2 aliphatic rings. The quantitative estimate of drug-likeness (QED) is 0.766. The maximum absolute atomic E-state index is 14.9. The molecule has 4 rings (SSSR count). The minimum Gasteiger partial charge on any atom is -0.367 e. The first-order valence-corrected chi connectivity index (χ1v) is 10.7. The molecule has 0 atom stereocenters. The van der Waals surface area contributed by atoms with Crippen LogP contribution in [0.2, 0.25) is 0 Å². The van der Waals surface area contributed by atoms with Gasteiger partial charge in [-0.2, -0.15) is 0 Å². The van der Waals surface area contributed by atoms with Crippen molar-refractivity contribution in [3.63, 3.8) is 0 Å². The normalized spacial score (nSPS) is 16.8. The monoisotopic (exact) mass is 418 g/mol. The van der Waals surface area contributed by atoms with Crippen molar-refractivity contribution in [1.29, 1.82) is 0 Å². The van der Waals surface area contributed by atoms with Gasteiger partial charge in [0.25, 0.3) is 0 Å². The Kier molecular flexibility index (Phi) is 5.60. The molecule has 0 spiro atoms. The first-order valence-electron chi connectivity index (χ1n) is 9.71. The molecule has 2 aromatic rings. The van der Waals surface area contributed by atoms with E-state index in [0.29, 0.717) is 24.3 Å². The molecular weight excluding hydrogens is 395 g/mol. The van der Waals surface area contributed by atoms with Crippen molar-refractivity contribution < 1.29 is 14.0 Å². The molecule has 154 valence electrons. The van der Waals surface area contributed by atoms with Crippen molar-refractivity contribution in [1.82, 2.24) is 15.2 Å². The van der Waals surface area contributed by atoms with Gasteiger partial charge in [-0.15, -0.1) is 0 Å². The predicted molar refractivity (Wildman–Crippen MR) is 112 cm³/mol. The van der Waals surface area contributed by atoms with Crippen molar-refractivity contribution in [3.8, 4) is 0 Å². The van der Waals surface area contributed by atoms with Gasteiger partial charge in [-0.25, -0.2) is 4.39 Å². The molecule has 9 heteroatoms. The van der Waals surface area contributed by atoms with E-state index in [4.69, 9.17) is 0 Å². The van der Waals surface area contributed by atoms with Crippen molar-refractivity contribution in [2.24, 2.45) is 0 Å². The summed E-state index contributed by atoms with van der Waals surface area (Å²) in [6.07, 6.45) is 3.50. The number of hydrogen-bond donors (Lipinski definition) is 2. The number of piperazine rings is 1. The number of aromatic nitrogens is 1. The molecule has 1 aliphatic heterocycles. The third kappa shape index (κ3) is 4.02. The number of benzene rings is 1. The van der Waals surface area contributed by atoms with Crippen molar-refractivity contribution in [2.45, 2.75) is 18.9 Å². The number of rotatable bonds is 5. The molecule has 2 heterocycles. The van der Waals surface area contributed by atoms with E-state index in [2.05, 4.69) is 10.6 Å². The average molecular weight is 418 g/mol. The topological polar surface area (TPSA) is 83.4 Å². The van der Waals surface area contributed by atoms with Gasteiger partial charge in [-0.05, 0) is 25.0 Å². The highest BCUT2D eigenvalue weighted by Crippen LogP contribution is 2.38. The summed E-state index contributed by atoms with van der Waals surface area (Å²) in [5.74, 6) is -0.813. The lowest BCUT2D eigenvalue weighted by Gasteiger charge is -2.30. The largest absolute Gasteiger partial charge is 0.367 e. The van der Waals surface area contributed by atoms with E-state index in [0.717, 1.165) is 37.7 Å². The summed E-state index contributed by atoms with van der Waals surface area (Å²) in [7, 11) is 1.49. The molecular formula is C20H23FN4O3S. The Balaban J connectivity index is 1.78. The molecule has 2 N–H and O–H groups in total. The van der Waals surface area contributed by atoms with Crippen LogP contribution in [0.1, 0.15) is 29.2 Å². The first-order chi connectivity index (χ1) is 14.0. The summed E-state index contributed by atoms with van der Waals surface area (Å²) in [6.45, 7) is 2.96. The van der Waals surface area contributed by atoms with Gasteiger partial charge in [0, 0.05) is 50.9 Å². The van der Waals surface area contributed by atoms with Crippen LogP contribution in [0.4, 0.5) is 10.1 Å². The van der Waals surface area contributed by atoms with Gasteiger partial charge in [0.1, 0.15) is 5.82 Å². The summed E-state index contributed by atoms with van der Waals surface area (Å²) in [6, 6.07) is 3.20. The average Bonchev–Trinajstić information content (AvgIpc) is 3.58. The summed E-state index contributed by atoms with van der Waals surface area (Å²) < 4.78 is 16.8. The number of carbonyl (C=O) groups excluding carboxylic acids is 2. The fourth-order valence-electron chi connectivity index (χ4n) is 3.59. The maximum Gasteiger partial charge on any atom is 0.230 e. The zero-order valence-corrected chi connectivity index (χ0v) is 17.0. The first kappa shape index (κ1) is 19.9. The summed E-state index contributed by atoms with van der Waals surface area (Å²) in [5, 5.41) is 5.43. The van der Waals surface area contributed by atoms with E-state index in [1.165, 1.54) is 13.1 Å². The van der Waals surface area contributed by atoms with Crippen LogP contribution in [-0.4, -0.2) is 54.6 Å². The highest BCUT2D eigenvalue weighted by molar-refractivity contribution is 8.14. The summed E-state index contributed by atoms with van der Waals surface area (Å²) >= 11 is 0.783. The molecule has 2 fully saturated rings. The molecule has 1 aromatic heterocycles. The Labute approximate surface area is 171 Å². The molecule has 1 amide bonds. The highest BCUT2D eigenvalue weighted by Gasteiger charge is 2.28. The number of amides is 1. The molecule has 1 saturated carbocycles. The fourth-order valence-corrected chi connectivity index (χ4v) is 4.30. The number of thioether (sulfide) groups is 1. The van der Waals surface area contributed by atoms with E-state index in [9.17, 15) is 18.8 Å². The second kappa shape index (κ2) is 8.16. The highest BCUT2D eigenvalue weighted by atomic mass is 32.2. The molecule has 29 heavy (non-hydrogen) atoms. The number of anilines is 1. The second-order valence-corrected chi connectivity index (χ2v) is 8.27. The third-order valence-electron chi connectivity index (χ3n) is 5.33. The van der Waals surface area contributed by atoms with E-state index >= 15 is 0 Å². The Morgan fingerprint density at radius 3 is 2.66 bits per heavy atom. The van der Waals surface area contributed by atoms with Crippen LogP contribution in [-0.2, 0) is 4.79 Å².